The van der Waals surface area contributed by atoms with Gasteiger partial charge >= 0.3 is 0 Å². The number of hydrogen-bond donors (Lipinski definition) is 1. The molecule has 0 bridgehead atoms. The molecule has 1 heterocycles. The fraction of sp³-hybridized carbons (Fsp3) is 0.136. The van der Waals surface area contributed by atoms with Crippen LogP contribution in [-0.4, -0.2) is 30.4 Å². The molecule has 0 spiro atoms. The number of hydrogen-bond acceptors (Lipinski definition) is 3. The van der Waals surface area contributed by atoms with Crippen LogP contribution in [0.4, 0.5) is 10.1 Å². The van der Waals surface area contributed by atoms with Crippen molar-refractivity contribution in [2.75, 3.05) is 18.5 Å². The van der Waals surface area contributed by atoms with Crippen molar-refractivity contribution < 1.29 is 14.0 Å². The molecule has 0 fully saturated rings. The molecule has 28 heavy (non-hydrogen) atoms. The van der Waals surface area contributed by atoms with E-state index in [1.807, 2.05) is 30.3 Å². The zero-order valence-electron chi connectivity index (χ0n) is 15.4. The number of nitrogens with one attached hydrogen (secondary N) is 1. The third kappa shape index (κ3) is 4.79. The number of amides is 2. The van der Waals surface area contributed by atoms with Crippen molar-refractivity contribution in [2.45, 2.75) is 6.42 Å². The minimum atomic E-state index is -0.313. The lowest BCUT2D eigenvalue weighted by Crippen LogP contribution is -2.28. The monoisotopic (exact) mass is 377 g/mol. The van der Waals surface area contributed by atoms with Crippen LogP contribution in [0.25, 0.3) is 0 Å². The molecule has 0 atom stereocenters. The summed E-state index contributed by atoms with van der Waals surface area (Å²) in [5.41, 5.74) is 2.32. The maximum Gasteiger partial charge on any atom is 0.259 e. The van der Waals surface area contributed by atoms with Crippen LogP contribution in [0.2, 0.25) is 0 Å². The highest BCUT2D eigenvalue weighted by Gasteiger charge is 2.16. The number of rotatable bonds is 6. The second-order valence-electron chi connectivity index (χ2n) is 6.29. The normalized spacial score (nSPS) is 10.4. The number of aromatic nitrogens is 1. The van der Waals surface area contributed by atoms with Crippen LogP contribution in [-0.2, 0) is 6.42 Å². The van der Waals surface area contributed by atoms with Crippen LogP contribution in [0, 0.1) is 5.82 Å². The van der Waals surface area contributed by atoms with Crippen LogP contribution in [0.5, 0.6) is 0 Å². The molecule has 0 saturated carbocycles. The number of pyridine rings is 1. The van der Waals surface area contributed by atoms with Crippen molar-refractivity contribution in [1.29, 1.82) is 0 Å². The number of carbonyl (C=O) groups is 2. The van der Waals surface area contributed by atoms with Crippen LogP contribution in [0.1, 0.15) is 26.3 Å². The Labute approximate surface area is 162 Å². The van der Waals surface area contributed by atoms with Gasteiger partial charge in [-0.25, -0.2) is 4.39 Å². The van der Waals surface area contributed by atoms with Crippen LogP contribution in [0.3, 0.4) is 0 Å². The van der Waals surface area contributed by atoms with Gasteiger partial charge in [-0.3, -0.25) is 14.6 Å². The predicted octanol–water partition coefficient (Wildman–Crippen LogP) is 3.47. The molecule has 1 N–H and O–H groups in total. The standard InChI is InChI=1S/C22H20FN3O2/c1-26(20-5-3-2-4-6-20)22(28)18-13-17(14-24-15-18)21(27)25-12-11-16-7-9-19(23)10-8-16/h2-10,13-15H,11-12H2,1H3,(H,25,27). The second kappa shape index (κ2) is 8.90. The lowest BCUT2D eigenvalue weighted by molar-refractivity contribution is 0.0953. The minimum Gasteiger partial charge on any atom is -0.352 e. The molecule has 3 rings (SSSR count). The van der Waals surface area contributed by atoms with Crippen molar-refractivity contribution in [3.8, 4) is 0 Å². The summed E-state index contributed by atoms with van der Waals surface area (Å²) >= 11 is 0. The fourth-order valence-corrected chi connectivity index (χ4v) is 2.72. The van der Waals surface area contributed by atoms with E-state index < -0.39 is 0 Å². The molecule has 3 aromatic rings. The summed E-state index contributed by atoms with van der Waals surface area (Å²) in [6.45, 7) is 0.395. The summed E-state index contributed by atoms with van der Waals surface area (Å²) in [5.74, 6) is -0.855. The Hall–Kier alpha value is -3.54. The van der Waals surface area contributed by atoms with Gasteiger partial charge in [-0.05, 0) is 42.3 Å². The fourth-order valence-electron chi connectivity index (χ4n) is 2.72. The van der Waals surface area contributed by atoms with E-state index in [9.17, 15) is 14.0 Å². The van der Waals surface area contributed by atoms with E-state index in [1.165, 1.54) is 35.5 Å². The number of nitrogens with zero attached hydrogens (tertiary/aromatic N) is 2. The predicted molar refractivity (Wildman–Crippen MR) is 106 cm³/mol. The van der Waals surface area contributed by atoms with Crippen molar-refractivity contribution >= 4 is 17.5 Å². The molecular formula is C22H20FN3O2. The van der Waals surface area contributed by atoms with E-state index in [2.05, 4.69) is 10.3 Å². The van der Waals surface area contributed by atoms with E-state index in [0.29, 0.717) is 24.1 Å². The summed E-state index contributed by atoms with van der Waals surface area (Å²) in [7, 11) is 1.67. The van der Waals surface area contributed by atoms with Crippen molar-refractivity contribution in [3.63, 3.8) is 0 Å². The topological polar surface area (TPSA) is 62.3 Å². The summed E-state index contributed by atoms with van der Waals surface area (Å²) in [6, 6.07) is 16.9. The number of halogens is 1. The van der Waals surface area contributed by atoms with Gasteiger partial charge in [0.05, 0.1) is 11.1 Å². The van der Waals surface area contributed by atoms with Gasteiger partial charge < -0.3 is 10.2 Å². The average Bonchev–Trinajstić information content (AvgIpc) is 2.74. The quantitative estimate of drug-likeness (QED) is 0.716. The maximum absolute atomic E-state index is 12.9. The Morgan fingerprint density at radius 1 is 1.00 bits per heavy atom. The third-order valence-electron chi connectivity index (χ3n) is 4.31. The van der Waals surface area contributed by atoms with Crippen LogP contribution >= 0.6 is 0 Å². The summed E-state index contributed by atoms with van der Waals surface area (Å²) in [5, 5.41) is 2.79. The van der Waals surface area contributed by atoms with Gasteiger partial charge in [-0.2, -0.15) is 0 Å². The van der Waals surface area contributed by atoms with Crippen molar-refractivity contribution in [3.05, 3.63) is 95.6 Å². The zero-order chi connectivity index (χ0) is 19.9. The first kappa shape index (κ1) is 19.2. The van der Waals surface area contributed by atoms with Gasteiger partial charge in [0, 0.05) is 31.7 Å². The van der Waals surface area contributed by atoms with Gasteiger partial charge in [-0.1, -0.05) is 30.3 Å². The van der Waals surface area contributed by atoms with Crippen molar-refractivity contribution in [2.24, 2.45) is 0 Å². The van der Waals surface area contributed by atoms with Gasteiger partial charge in [0.25, 0.3) is 11.8 Å². The van der Waals surface area contributed by atoms with E-state index in [0.717, 1.165) is 11.3 Å². The van der Waals surface area contributed by atoms with Crippen LogP contribution in [0.15, 0.2) is 73.1 Å². The highest BCUT2D eigenvalue weighted by atomic mass is 19.1. The molecule has 6 heteroatoms. The maximum atomic E-state index is 12.9. The zero-order valence-corrected chi connectivity index (χ0v) is 15.4. The largest absolute Gasteiger partial charge is 0.352 e. The SMILES string of the molecule is CN(C(=O)c1cncc(C(=O)NCCc2ccc(F)cc2)c1)c1ccccc1. The van der Waals surface area contributed by atoms with Gasteiger partial charge in [0.15, 0.2) is 0 Å². The van der Waals surface area contributed by atoms with Crippen molar-refractivity contribution in [1.82, 2.24) is 10.3 Å². The smallest absolute Gasteiger partial charge is 0.259 e. The molecule has 0 radical (unpaired) electrons. The second-order valence-corrected chi connectivity index (χ2v) is 6.29. The number of anilines is 1. The third-order valence-corrected chi connectivity index (χ3v) is 4.31. The Morgan fingerprint density at radius 2 is 1.68 bits per heavy atom. The lowest BCUT2D eigenvalue weighted by Gasteiger charge is -2.17. The molecule has 2 aromatic carbocycles. The molecular weight excluding hydrogens is 357 g/mol. The lowest BCUT2D eigenvalue weighted by atomic mass is 10.1. The molecule has 1 aromatic heterocycles. The van der Waals surface area contributed by atoms with Crippen LogP contribution < -0.4 is 10.2 Å². The molecule has 5 nitrogen and oxygen atoms in total. The molecule has 142 valence electrons. The molecule has 0 aliphatic carbocycles. The molecule has 0 saturated heterocycles. The van der Waals surface area contributed by atoms with E-state index in [1.54, 1.807) is 19.2 Å². The van der Waals surface area contributed by atoms with Gasteiger partial charge in [0.1, 0.15) is 5.82 Å². The highest BCUT2D eigenvalue weighted by molar-refractivity contribution is 6.07. The number of carbonyl (C=O) groups excluding carboxylic acids is 2. The Morgan fingerprint density at radius 3 is 2.39 bits per heavy atom. The molecule has 0 aliphatic rings. The molecule has 2 amide bonds. The molecule has 0 aliphatic heterocycles. The van der Waals surface area contributed by atoms with Gasteiger partial charge in [-0.15, -0.1) is 0 Å². The Kier molecular flexibility index (Phi) is 6.11. The number of benzene rings is 2. The first-order chi connectivity index (χ1) is 13.5. The van der Waals surface area contributed by atoms with E-state index >= 15 is 0 Å². The van der Waals surface area contributed by atoms with Gasteiger partial charge in [0.2, 0.25) is 0 Å². The van der Waals surface area contributed by atoms with E-state index in [4.69, 9.17) is 0 Å². The summed E-state index contributed by atoms with van der Waals surface area (Å²) < 4.78 is 12.9. The summed E-state index contributed by atoms with van der Waals surface area (Å²) in [6.07, 6.45) is 3.44. The first-order valence-corrected chi connectivity index (χ1v) is 8.85. The number of para-hydroxylation sites is 1. The first-order valence-electron chi connectivity index (χ1n) is 8.85. The Bertz CT molecular complexity index is 959. The highest BCUT2D eigenvalue weighted by Crippen LogP contribution is 2.15. The Balaban J connectivity index is 1.62. The van der Waals surface area contributed by atoms with E-state index in [-0.39, 0.29) is 17.6 Å². The molecule has 0 unspecified atom stereocenters. The minimum absolute atomic E-state index is 0.250. The average molecular weight is 377 g/mol. The summed E-state index contributed by atoms with van der Waals surface area (Å²) in [4.78, 5) is 30.6.